The first-order chi connectivity index (χ1) is 12.1. The smallest absolute Gasteiger partial charge is 0.279 e. The second-order valence-electron chi connectivity index (χ2n) is 5.50. The predicted octanol–water partition coefficient (Wildman–Crippen LogP) is 4.39. The van der Waals surface area contributed by atoms with Gasteiger partial charge < -0.3 is 9.30 Å². The standard InChI is InChI=1S/C19H19FN2O2S/c1-3-12-22-17-15(24-4-2)6-5-7-16(17)25-19(22)21-18(23)13-8-10-14(20)11-9-13/h5-11H,3-4,12H2,1-2H3. The fraction of sp³-hybridized carbons (Fsp3) is 0.263. The van der Waals surface area contributed by atoms with Gasteiger partial charge in [-0.25, -0.2) is 4.39 Å². The first-order valence-electron chi connectivity index (χ1n) is 8.23. The molecule has 0 saturated heterocycles. The summed E-state index contributed by atoms with van der Waals surface area (Å²) in [5, 5.41) is 0. The normalized spacial score (nSPS) is 11.9. The van der Waals surface area contributed by atoms with Crippen molar-refractivity contribution in [2.45, 2.75) is 26.8 Å². The summed E-state index contributed by atoms with van der Waals surface area (Å²) in [4.78, 5) is 17.3. The molecule has 0 fully saturated rings. The van der Waals surface area contributed by atoms with Crippen LogP contribution in [0.5, 0.6) is 5.75 Å². The highest BCUT2D eigenvalue weighted by molar-refractivity contribution is 7.16. The third-order valence-electron chi connectivity index (χ3n) is 3.70. The van der Waals surface area contributed by atoms with Crippen LogP contribution in [0, 0.1) is 5.82 Å². The van der Waals surface area contributed by atoms with E-state index in [1.54, 1.807) is 0 Å². The maximum Gasteiger partial charge on any atom is 0.279 e. The Balaban J connectivity index is 2.14. The molecule has 0 saturated carbocycles. The van der Waals surface area contributed by atoms with Crippen LogP contribution in [0.25, 0.3) is 10.2 Å². The summed E-state index contributed by atoms with van der Waals surface area (Å²) < 4.78 is 21.8. The van der Waals surface area contributed by atoms with Crippen LogP contribution in [0.15, 0.2) is 47.5 Å². The van der Waals surface area contributed by atoms with E-state index in [4.69, 9.17) is 4.74 Å². The number of carbonyl (C=O) groups is 1. The van der Waals surface area contributed by atoms with Crippen molar-refractivity contribution in [1.82, 2.24) is 4.57 Å². The molecular weight excluding hydrogens is 339 g/mol. The molecule has 1 heterocycles. The summed E-state index contributed by atoms with van der Waals surface area (Å²) in [5.74, 6) is 0.0376. The number of hydrogen-bond acceptors (Lipinski definition) is 3. The number of halogens is 1. The zero-order valence-electron chi connectivity index (χ0n) is 14.2. The van der Waals surface area contributed by atoms with Crippen molar-refractivity contribution in [1.29, 1.82) is 0 Å². The van der Waals surface area contributed by atoms with Gasteiger partial charge in [0.2, 0.25) is 0 Å². The van der Waals surface area contributed by atoms with Gasteiger partial charge in [-0.2, -0.15) is 4.99 Å². The average molecular weight is 358 g/mol. The molecule has 0 aliphatic rings. The number of para-hydroxylation sites is 1. The van der Waals surface area contributed by atoms with Gasteiger partial charge in [-0.15, -0.1) is 0 Å². The second kappa shape index (κ2) is 7.61. The lowest BCUT2D eigenvalue weighted by Gasteiger charge is -2.08. The Hall–Kier alpha value is -2.47. The molecule has 0 aliphatic heterocycles. The highest BCUT2D eigenvalue weighted by Crippen LogP contribution is 2.27. The van der Waals surface area contributed by atoms with Crippen molar-refractivity contribution in [3.8, 4) is 5.75 Å². The SMILES string of the molecule is CCCn1c(=NC(=O)c2ccc(F)cc2)sc2cccc(OCC)c21. The number of benzene rings is 2. The molecule has 0 radical (unpaired) electrons. The summed E-state index contributed by atoms with van der Waals surface area (Å²) in [7, 11) is 0. The van der Waals surface area contributed by atoms with Gasteiger partial charge in [0.1, 0.15) is 17.1 Å². The molecule has 3 aromatic rings. The number of thiazole rings is 1. The monoisotopic (exact) mass is 358 g/mol. The molecule has 0 unspecified atom stereocenters. The molecule has 1 aromatic heterocycles. The Bertz CT molecular complexity index is 958. The largest absolute Gasteiger partial charge is 0.492 e. The molecule has 4 nitrogen and oxygen atoms in total. The van der Waals surface area contributed by atoms with E-state index in [9.17, 15) is 9.18 Å². The third kappa shape index (κ3) is 3.64. The predicted molar refractivity (Wildman–Crippen MR) is 97.6 cm³/mol. The minimum absolute atomic E-state index is 0.368. The fourth-order valence-electron chi connectivity index (χ4n) is 2.63. The number of amides is 1. The lowest BCUT2D eigenvalue weighted by Crippen LogP contribution is -2.17. The third-order valence-corrected chi connectivity index (χ3v) is 4.74. The van der Waals surface area contributed by atoms with E-state index in [0.717, 1.165) is 28.9 Å². The minimum atomic E-state index is -0.380. The van der Waals surface area contributed by atoms with Crippen LogP contribution in [0.1, 0.15) is 30.6 Å². The van der Waals surface area contributed by atoms with E-state index >= 15 is 0 Å². The zero-order chi connectivity index (χ0) is 17.8. The molecule has 0 spiro atoms. The van der Waals surface area contributed by atoms with Crippen molar-refractivity contribution < 1.29 is 13.9 Å². The highest BCUT2D eigenvalue weighted by Gasteiger charge is 2.12. The van der Waals surface area contributed by atoms with Crippen LogP contribution in [-0.2, 0) is 6.54 Å². The number of rotatable bonds is 5. The molecule has 0 bridgehead atoms. The van der Waals surface area contributed by atoms with E-state index in [-0.39, 0.29) is 11.7 Å². The highest BCUT2D eigenvalue weighted by atomic mass is 32.1. The molecule has 3 rings (SSSR count). The minimum Gasteiger partial charge on any atom is -0.492 e. The molecule has 25 heavy (non-hydrogen) atoms. The molecule has 0 aliphatic carbocycles. The maximum atomic E-state index is 13.0. The number of nitrogens with zero attached hydrogens (tertiary/aromatic N) is 2. The van der Waals surface area contributed by atoms with E-state index in [1.165, 1.54) is 35.6 Å². The zero-order valence-corrected chi connectivity index (χ0v) is 15.0. The van der Waals surface area contributed by atoms with Crippen LogP contribution >= 0.6 is 11.3 Å². The van der Waals surface area contributed by atoms with Crippen molar-refractivity contribution in [3.05, 3.63) is 58.6 Å². The number of fused-ring (bicyclic) bond motifs is 1. The molecular formula is C19H19FN2O2S. The van der Waals surface area contributed by atoms with Crippen molar-refractivity contribution in [2.75, 3.05) is 6.61 Å². The molecule has 130 valence electrons. The van der Waals surface area contributed by atoms with Gasteiger partial charge in [0.25, 0.3) is 5.91 Å². The summed E-state index contributed by atoms with van der Waals surface area (Å²) in [6.07, 6.45) is 0.907. The Kier molecular flexibility index (Phi) is 5.28. The number of ether oxygens (including phenoxy) is 1. The number of carbonyl (C=O) groups excluding carboxylic acids is 1. The van der Waals surface area contributed by atoms with E-state index in [1.807, 2.05) is 29.7 Å². The number of aryl methyl sites for hydroxylation is 1. The molecule has 1 amide bonds. The van der Waals surface area contributed by atoms with E-state index in [0.29, 0.717) is 17.0 Å². The average Bonchev–Trinajstić information content (AvgIpc) is 2.94. The number of hydrogen-bond donors (Lipinski definition) is 0. The first-order valence-corrected chi connectivity index (χ1v) is 9.05. The van der Waals surface area contributed by atoms with E-state index < -0.39 is 0 Å². The van der Waals surface area contributed by atoms with Crippen molar-refractivity contribution in [2.24, 2.45) is 4.99 Å². The first kappa shape index (κ1) is 17.4. The Morgan fingerprint density at radius 3 is 2.64 bits per heavy atom. The van der Waals surface area contributed by atoms with Crippen LogP contribution in [0.2, 0.25) is 0 Å². The topological polar surface area (TPSA) is 43.6 Å². The second-order valence-corrected chi connectivity index (χ2v) is 6.51. The van der Waals surface area contributed by atoms with E-state index in [2.05, 4.69) is 11.9 Å². The van der Waals surface area contributed by atoms with Crippen LogP contribution in [0.3, 0.4) is 0 Å². The summed E-state index contributed by atoms with van der Waals surface area (Å²) in [5.41, 5.74) is 1.33. The quantitative estimate of drug-likeness (QED) is 0.679. The van der Waals surface area contributed by atoms with Gasteiger partial charge in [-0.05, 0) is 49.7 Å². The Morgan fingerprint density at radius 2 is 1.96 bits per heavy atom. The molecule has 6 heteroatoms. The van der Waals surface area contributed by atoms with Gasteiger partial charge in [0, 0.05) is 12.1 Å². The van der Waals surface area contributed by atoms with Gasteiger partial charge in [-0.3, -0.25) is 4.79 Å². The summed E-state index contributed by atoms with van der Waals surface area (Å²) in [6.45, 7) is 5.33. The van der Waals surface area contributed by atoms with Gasteiger partial charge >= 0.3 is 0 Å². The summed E-state index contributed by atoms with van der Waals surface area (Å²) >= 11 is 1.45. The lowest BCUT2D eigenvalue weighted by molar-refractivity contribution is 0.0997. The molecule has 0 N–H and O–H groups in total. The molecule has 0 atom stereocenters. The van der Waals surface area contributed by atoms with Crippen molar-refractivity contribution >= 4 is 27.5 Å². The van der Waals surface area contributed by atoms with Crippen LogP contribution in [0.4, 0.5) is 4.39 Å². The maximum absolute atomic E-state index is 13.0. The number of aromatic nitrogens is 1. The van der Waals surface area contributed by atoms with Crippen LogP contribution in [-0.4, -0.2) is 17.1 Å². The Morgan fingerprint density at radius 1 is 1.20 bits per heavy atom. The van der Waals surface area contributed by atoms with Gasteiger partial charge in [0.05, 0.1) is 11.3 Å². The van der Waals surface area contributed by atoms with Crippen molar-refractivity contribution in [3.63, 3.8) is 0 Å². The fourth-order valence-corrected chi connectivity index (χ4v) is 3.70. The molecule has 2 aromatic carbocycles. The summed E-state index contributed by atoms with van der Waals surface area (Å²) in [6, 6.07) is 11.3. The lowest BCUT2D eigenvalue weighted by atomic mass is 10.2. The van der Waals surface area contributed by atoms with Crippen LogP contribution < -0.4 is 9.54 Å². The Labute approximate surface area is 149 Å². The van der Waals surface area contributed by atoms with Gasteiger partial charge in [-0.1, -0.05) is 24.3 Å². The van der Waals surface area contributed by atoms with Gasteiger partial charge in [0.15, 0.2) is 4.80 Å².